The standard InChI is InChI=1S/C22H27N3O3/c1-15-12-16(2)21(17(3)13-15)24-19(26)14-25(4)20(27)10-11-23-22(28)18-8-6-5-7-9-18/h5-9,12-13H,10-11,14H2,1-4H3,(H,23,28)(H,24,26). The Bertz CT molecular complexity index is 840. The molecule has 148 valence electrons. The Morgan fingerprint density at radius 3 is 2.18 bits per heavy atom. The fraction of sp³-hybridized carbons (Fsp3) is 0.318. The molecule has 0 unspecified atom stereocenters. The Kier molecular flexibility index (Phi) is 7.32. The number of hydrogen-bond acceptors (Lipinski definition) is 3. The van der Waals surface area contributed by atoms with Gasteiger partial charge in [0.15, 0.2) is 0 Å². The number of carbonyl (C=O) groups excluding carboxylic acids is 3. The number of anilines is 1. The molecule has 2 rings (SSSR count). The first-order valence-corrected chi connectivity index (χ1v) is 9.23. The molecule has 0 fully saturated rings. The van der Waals surface area contributed by atoms with Gasteiger partial charge in [0.2, 0.25) is 11.8 Å². The predicted molar refractivity (Wildman–Crippen MR) is 110 cm³/mol. The second-order valence-corrected chi connectivity index (χ2v) is 6.94. The molecular formula is C22H27N3O3. The monoisotopic (exact) mass is 381 g/mol. The number of benzene rings is 2. The highest BCUT2D eigenvalue weighted by Gasteiger charge is 2.15. The normalized spacial score (nSPS) is 10.3. The molecule has 0 spiro atoms. The molecule has 0 aliphatic heterocycles. The van der Waals surface area contributed by atoms with Gasteiger partial charge in [0, 0.05) is 31.3 Å². The van der Waals surface area contributed by atoms with Gasteiger partial charge in [-0.2, -0.15) is 0 Å². The van der Waals surface area contributed by atoms with E-state index in [4.69, 9.17) is 0 Å². The number of nitrogens with zero attached hydrogens (tertiary/aromatic N) is 1. The number of hydrogen-bond donors (Lipinski definition) is 2. The minimum atomic E-state index is -0.251. The first-order valence-electron chi connectivity index (χ1n) is 9.23. The molecule has 2 aromatic carbocycles. The number of amides is 3. The zero-order valence-electron chi connectivity index (χ0n) is 16.8. The van der Waals surface area contributed by atoms with Gasteiger partial charge in [0.05, 0.1) is 6.54 Å². The molecule has 0 radical (unpaired) electrons. The molecule has 0 aromatic heterocycles. The van der Waals surface area contributed by atoms with Crippen molar-refractivity contribution in [2.24, 2.45) is 0 Å². The molecule has 3 amide bonds. The summed E-state index contributed by atoms with van der Waals surface area (Å²) in [6, 6.07) is 12.8. The summed E-state index contributed by atoms with van der Waals surface area (Å²) in [5.41, 5.74) is 4.45. The SMILES string of the molecule is Cc1cc(C)c(NC(=O)CN(C)C(=O)CCNC(=O)c2ccccc2)c(C)c1. The van der Waals surface area contributed by atoms with Crippen molar-refractivity contribution < 1.29 is 14.4 Å². The second kappa shape index (κ2) is 9.69. The van der Waals surface area contributed by atoms with Crippen LogP contribution in [0.5, 0.6) is 0 Å². The van der Waals surface area contributed by atoms with Crippen LogP contribution in [0.15, 0.2) is 42.5 Å². The van der Waals surface area contributed by atoms with Crippen LogP contribution in [0, 0.1) is 20.8 Å². The van der Waals surface area contributed by atoms with E-state index in [-0.39, 0.29) is 37.2 Å². The van der Waals surface area contributed by atoms with Crippen molar-refractivity contribution in [3.05, 3.63) is 64.7 Å². The zero-order chi connectivity index (χ0) is 20.7. The van der Waals surface area contributed by atoms with Gasteiger partial charge in [0.1, 0.15) is 0 Å². The number of carbonyl (C=O) groups is 3. The Labute approximate surface area is 165 Å². The molecule has 2 N–H and O–H groups in total. The summed E-state index contributed by atoms with van der Waals surface area (Å²) in [7, 11) is 1.58. The molecule has 0 heterocycles. The van der Waals surface area contributed by atoms with Gasteiger partial charge in [-0.05, 0) is 44.0 Å². The first-order chi connectivity index (χ1) is 13.3. The van der Waals surface area contributed by atoms with Crippen LogP contribution in [0.1, 0.15) is 33.5 Å². The number of rotatable bonds is 7. The van der Waals surface area contributed by atoms with Crippen LogP contribution in [-0.4, -0.2) is 42.8 Å². The van der Waals surface area contributed by atoms with Gasteiger partial charge in [0.25, 0.3) is 5.91 Å². The Hall–Kier alpha value is -3.15. The summed E-state index contributed by atoms with van der Waals surface area (Å²) < 4.78 is 0. The minimum Gasteiger partial charge on any atom is -0.352 e. The maximum atomic E-state index is 12.3. The third kappa shape index (κ3) is 5.94. The fourth-order valence-corrected chi connectivity index (χ4v) is 3.03. The Balaban J connectivity index is 1.80. The highest BCUT2D eigenvalue weighted by atomic mass is 16.2. The lowest BCUT2D eigenvalue weighted by atomic mass is 10.1. The van der Waals surface area contributed by atoms with Gasteiger partial charge in [-0.1, -0.05) is 35.9 Å². The van der Waals surface area contributed by atoms with E-state index < -0.39 is 0 Å². The quantitative estimate of drug-likeness (QED) is 0.774. The van der Waals surface area contributed by atoms with Crippen molar-refractivity contribution in [3.63, 3.8) is 0 Å². The van der Waals surface area contributed by atoms with Crippen LogP contribution in [0.3, 0.4) is 0 Å². The maximum Gasteiger partial charge on any atom is 0.251 e. The minimum absolute atomic E-state index is 0.0434. The molecule has 0 bridgehead atoms. The van der Waals surface area contributed by atoms with Crippen LogP contribution in [-0.2, 0) is 9.59 Å². The molecule has 0 saturated carbocycles. The molecule has 0 aliphatic rings. The Morgan fingerprint density at radius 1 is 0.964 bits per heavy atom. The van der Waals surface area contributed by atoms with Gasteiger partial charge >= 0.3 is 0 Å². The van der Waals surface area contributed by atoms with Crippen molar-refractivity contribution >= 4 is 23.4 Å². The largest absolute Gasteiger partial charge is 0.352 e. The van der Waals surface area contributed by atoms with Crippen LogP contribution < -0.4 is 10.6 Å². The van der Waals surface area contributed by atoms with Crippen LogP contribution in [0.2, 0.25) is 0 Å². The van der Waals surface area contributed by atoms with E-state index in [2.05, 4.69) is 10.6 Å². The molecule has 6 nitrogen and oxygen atoms in total. The molecule has 0 atom stereocenters. The molecule has 28 heavy (non-hydrogen) atoms. The lowest BCUT2D eigenvalue weighted by Crippen LogP contribution is -2.37. The van der Waals surface area contributed by atoms with Crippen LogP contribution >= 0.6 is 0 Å². The van der Waals surface area contributed by atoms with E-state index in [1.807, 2.05) is 39.0 Å². The van der Waals surface area contributed by atoms with Gasteiger partial charge in [-0.3, -0.25) is 14.4 Å². The number of likely N-dealkylation sites (N-methyl/N-ethyl adjacent to an activating group) is 1. The van der Waals surface area contributed by atoms with E-state index >= 15 is 0 Å². The van der Waals surface area contributed by atoms with Crippen molar-refractivity contribution in [1.29, 1.82) is 0 Å². The highest BCUT2D eigenvalue weighted by molar-refractivity contribution is 5.96. The molecule has 2 aromatic rings. The predicted octanol–water partition coefficient (Wildman–Crippen LogP) is 2.83. The number of aryl methyl sites for hydroxylation is 3. The van der Waals surface area contributed by atoms with E-state index in [0.717, 1.165) is 22.4 Å². The second-order valence-electron chi connectivity index (χ2n) is 6.94. The van der Waals surface area contributed by atoms with Crippen molar-refractivity contribution in [2.45, 2.75) is 27.2 Å². The lowest BCUT2D eigenvalue weighted by molar-refractivity contribution is -0.133. The maximum absolute atomic E-state index is 12.3. The van der Waals surface area contributed by atoms with Crippen molar-refractivity contribution in [3.8, 4) is 0 Å². The zero-order valence-corrected chi connectivity index (χ0v) is 16.8. The summed E-state index contributed by atoms with van der Waals surface area (Å²) in [6.07, 6.45) is 0.130. The highest BCUT2D eigenvalue weighted by Crippen LogP contribution is 2.21. The van der Waals surface area contributed by atoms with Gasteiger partial charge < -0.3 is 15.5 Å². The number of nitrogens with one attached hydrogen (secondary N) is 2. The average molecular weight is 381 g/mol. The third-order valence-corrected chi connectivity index (χ3v) is 4.41. The van der Waals surface area contributed by atoms with E-state index in [1.165, 1.54) is 4.90 Å². The molecule has 0 saturated heterocycles. The van der Waals surface area contributed by atoms with Gasteiger partial charge in [-0.25, -0.2) is 0 Å². The van der Waals surface area contributed by atoms with Crippen molar-refractivity contribution in [1.82, 2.24) is 10.2 Å². The van der Waals surface area contributed by atoms with Crippen molar-refractivity contribution in [2.75, 3.05) is 25.5 Å². The summed E-state index contributed by atoms with van der Waals surface area (Å²) in [5.74, 6) is -0.681. The third-order valence-electron chi connectivity index (χ3n) is 4.41. The lowest BCUT2D eigenvalue weighted by Gasteiger charge is -2.18. The topological polar surface area (TPSA) is 78.5 Å². The van der Waals surface area contributed by atoms with Crippen LogP contribution in [0.4, 0.5) is 5.69 Å². The smallest absolute Gasteiger partial charge is 0.251 e. The molecular weight excluding hydrogens is 354 g/mol. The molecule has 6 heteroatoms. The summed E-state index contributed by atoms with van der Waals surface area (Å²) in [4.78, 5) is 37.9. The van der Waals surface area contributed by atoms with E-state index in [9.17, 15) is 14.4 Å². The molecule has 0 aliphatic carbocycles. The van der Waals surface area contributed by atoms with Gasteiger partial charge in [-0.15, -0.1) is 0 Å². The van der Waals surface area contributed by atoms with E-state index in [0.29, 0.717) is 5.56 Å². The first kappa shape index (κ1) is 21.2. The summed E-state index contributed by atoms with van der Waals surface area (Å²) in [5, 5.41) is 5.60. The van der Waals surface area contributed by atoms with Crippen LogP contribution in [0.25, 0.3) is 0 Å². The average Bonchev–Trinajstić information content (AvgIpc) is 2.65. The fourth-order valence-electron chi connectivity index (χ4n) is 3.03. The Morgan fingerprint density at radius 2 is 1.57 bits per heavy atom. The summed E-state index contributed by atoms with van der Waals surface area (Å²) in [6.45, 7) is 6.07. The summed E-state index contributed by atoms with van der Waals surface area (Å²) >= 11 is 0. The van der Waals surface area contributed by atoms with E-state index in [1.54, 1.807) is 31.3 Å².